The summed E-state index contributed by atoms with van der Waals surface area (Å²) in [5.41, 5.74) is 1.40. The Morgan fingerprint density at radius 3 is 2.40 bits per heavy atom. The van der Waals surface area contributed by atoms with Crippen molar-refractivity contribution in [2.75, 3.05) is 19.6 Å². The highest BCUT2D eigenvalue weighted by atomic mass is 19.3. The monoisotopic (exact) mass is 363 g/mol. The van der Waals surface area contributed by atoms with E-state index in [4.69, 9.17) is 9.84 Å². The summed E-state index contributed by atoms with van der Waals surface area (Å²) in [5, 5.41) is 10.5. The Kier molecular flexibility index (Phi) is 5.04. The zero-order chi connectivity index (χ0) is 19.2. The Hall–Kier alpha value is -1.48. The average Bonchev–Trinajstić information content (AvgIpc) is 2.95. The van der Waals surface area contributed by atoms with Gasteiger partial charge in [-0.3, -0.25) is 15.1 Å². The molecule has 0 saturated carbocycles. The van der Waals surface area contributed by atoms with Crippen LogP contribution in [0.2, 0.25) is 0 Å². The van der Waals surface area contributed by atoms with Crippen LogP contribution in [0.15, 0.2) is 0 Å². The largest absolute Gasteiger partial charge is 0.465 e. The second kappa shape index (κ2) is 6.35. The van der Waals surface area contributed by atoms with Gasteiger partial charge in [-0.15, -0.1) is 0 Å². The number of hydrogen-bond acceptors (Lipinski definition) is 5. The van der Waals surface area contributed by atoms with Crippen LogP contribution in [0.5, 0.6) is 0 Å². The van der Waals surface area contributed by atoms with Crippen molar-refractivity contribution in [1.29, 1.82) is 0 Å². The number of hydrazine groups is 1. The number of esters is 1. The molecule has 0 spiro atoms. The first-order chi connectivity index (χ1) is 11.2. The molecule has 25 heavy (non-hydrogen) atoms. The number of halogens is 2. The highest BCUT2D eigenvalue weighted by Gasteiger charge is 2.61. The van der Waals surface area contributed by atoms with Crippen LogP contribution in [0.1, 0.15) is 41.0 Å². The summed E-state index contributed by atoms with van der Waals surface area (Å²) in [6, 6.07) is -2.02. The number of carboxylic acid groups (broad SMARTS) is 1. The number of alkyl halides is 2. The van der Waals surface area contributed by atoms with Gasteiger partial charge < -0.3 is 9.84 Å². The van der Waals surface area contributed by atoms with E-state index in [0.29, 0.717) is 6.42 Å². The molecule has 0 aromatic heterocycles. The summed E-state index contributed by atoms with van der Waals surface area (Å²) in [4.78, 5) is 24.2. The lowest BCUT2D eigenvalue weighted by Crippen LogP contribution is -2.49. The molecule has 2 atom stereocenters. The van der Waals surface area contributed by atoms with Crippen LogP contribution in [0.3, 0.4) is 0 Å². The molecule has 0 aromatic carbocycles. The van der Waals surface area contributed by atoms with Gasteiger partial charge in [0.05, 0.1) is 18.0 Å². The molecule has 0 bridgehead atoms. The Morgan fingerprint density at radius 1 is 1.28 bits per heavy atom. The Morgan fingerprint density at radius 2 is 1.88 bits per heavy atom. The molecule has 2 heterocycles. The van der Waals surface area contributed by atoms with E-state index in [1.54, 1.807) is 34.6 Å². The number of carbonyl (C=O) groups is 2. The summed E-state index contributed by atoms with van der Waals surface area (Å²) in [6.07, 6.45) is -1.04. The van der Waals surface area contributed by atoms with Gasteiger partial charge in [-0.25, -0.2) is 18.6 Å². The minimum atomic E-state index is -3.14. The lowest BCUT2D eigenvalue weighted by Gasteiger charge is -2.32. The van der Waals surface area contributed by atoms with E-state index in [-0.39, 0.29) is 19.1 Å². The summed E-state index contributed by atoms with van der Waals surface area (Å²) < 4.78 is 33.9. The fourth-order valence-corrected chi connectivity index (χ4v) is 3.20. The third-order valence-electron chi connectivity index (χ3n) is 4.59. The van der Waals surface area contributed by atoms with Crippen LogP contribution in [-0.4, -0.2) is 70.3 Å². The molecular weight excluding hydrogens is 336 g/mol. The van der Waals surface area contributed by atoms with Crippen LogP contribution in [-0.2, 0) is 9.53 Å². The molecule has 0 aliphatic carbocycles. The number of likely N-dealkylation sites (tertiary alicyclic amines) is 1. The third-order valence-corrected chi connectivity index (χ3v) is 4.59. The standard InChI is InChI=1S/C16H27F2N3O4/c1-14(2,3)25-12(22)15(4,5)6-7-21-11-10(8-19-21)20(13(23)24)9-16(11,17)18/h10-11,19H,6-9H2,1-5H3,(H,23,24). The van der Waals surface area contributed by atoms with Crippen molar-refractivity contribution in [3.8, 4) is 0 Å². The molecule has 9 heteroatoms. The lowest BCUT2D eigenvalue weighted by atomic mass is 9.89. The highest BCUT2D eigenvalue weighted by molar-refractivity contribution is 5.76. The molecule has 2 saturated heterocycles. The molecule has 7 nitrogen and oxygen atoms in total. The van der Waals surface area contributed by atoms with Crippen molar-refractivity contribution in [1.82, 2.24) is 15.3 Å². The van der Waals surface area contributed by atoms with Gasteiger partial charge >= 0.3 is 12.1 Å². The normalized spacial score (nSPS) is 26.6. The molecular formula is C16H27F2N3O4. The van der Waals surface area contributed by atoms with Gasteiger partial charge in [0.25, 0.3) is 5.92 Å². The topological polar surface area (TPSA) is 82.1 Å². The van der Waals surface area contributed by atoms with Gasteiger partial charge in [0.2, 0.25) is 0 Å². The molecule has 2 N–H and O–H groups in total. The number of carbonyl (C=O) groups excluding carboxylic acids is 1. The number of fused-ring (bicyclic) bond motifs is 1. The maximum Gasteiger partial charge on any atom is 0.407 e. The summed E-state index contributed by atoms with van der Waals surface area (Å²) >= 11 is 0. The molecule has 0 aromatic rings. The van der Waals surface area contributed by atoms with Crippen LogP contribution in [0, 0.1) is 5.41 Å². The van der Waals surface area contributed by atoms with Crippen molar-refractivity contribution in [3.05, 3.63) is 0 Å². The number of hydrogen-bond donors (Lipinski definition) is 2. The van der Waals surface area contributed by atoms with E-state index in [0.717, 1.165) is 4.90 Å². The summed E-state index contributed by atoms with van der Waals surface area (Å²) in [6.45, 7) is 8.27. The number of nitrogens with one attached hydrogen (secondary N) is 1. The van der Waals surface area contributed by atoms with Crippen LogP contribution >= 0.6 is 0 Å². The first-order valence-corrected chi connectivity index (χ1v) is 8.36. The van der Waals surface area contributed by atoms with Gasteiger partial charge in [0.1, 0.15) is 11.6 Å². The Balaban J connectivity index is 2.02. The second-order valence-electron chi connectivity index (χ2n) is 8.38. The van der Waals surface area contributed by atoms with Gasteiger partial charge in [-0.1, -0.05) is 0 Å². The minimum absolute atomic E-state index is 0.138. The second-order valence-corrected chi connectivity index (χ2v) is 8.38. The molecule has 0 radical (unpaired) electrons. The maximum absolute atomic E-state index is 14.3. The van der Waals surface area contributed by atoms with Gasteiger partial charge in [0, 0.05) is 13.1 Å². The average molecular weight is 363 g/mol. The molecule has 2 aliphatic rings. The van der Waals surface area contributed by atoms with Gasteiger partial charge in [-0.05, 0) is 41.0 Å². The highest BCUT2D eigenvalue weighted by Crippen LogP contribution is 2.38. The van der Waals surface area contributed by atoms with Gasteiger partial charge in [0.15, 0.2) is 0 Å². The first kappa shape index (κ1) is 19.8. The van der Waals surface area contributed by atoms with Crippen molar-refractivity contribution >= 4 is 12.1 Å². The maximum atomic E-state index is 14.3. The van der Waals surface area contributed by atoms with Crippen LogP contribution in [0.4, 0.5) is 13.6 Å². The molecule has 2 unspecified atom stereocenters. The fraction of sp³-hybridized carbons (Fsp3) is 0.875. The van der Waals surface area contributed by atoms with Gasteiger partial charge in [-0.2, -0.15) is 0 Å². The predicted octanol–water partition coefficient (Wildman–Crippen LogP) is 1.93. The number of ether oxygens (including phenoxy) is 1. The predicted molar refractivity (Wildman–Crippen MR) is 86.2 cm³/mol. The van der Waals surface area contributed by atoms with Crippen LogP contribution < -0.4 is 5.43 Å². The summed E-state index contributed by atoms with van der Waals surface area (Å²) in [5.74, 6) is -3.52. The van der Waals surface area contributed by atoms with Crippen molar-refractivity contribution < 1.29 is 28.2 Å². The third kappa shape index (κ3) is 4.20. The number of rotatable bonds is 4. The van der Waals surface area contributed by atoms with Crippen molar-refractivity contribution in [3.63, 3.8) is 0 Å². The minimum Gasteiger partial charge on any atom is -0.465 e. The van der Waals surface area contributed by atoms with Crippen molar-refractivity contribution in [2.24, 2.45) is 5.41 Å². The van der Waals surface area contributed by atoms with Crippen molar-refractivity contribution in [2.45, 2.75) is 64.6 Å². The van der Waals surface area contributed by atoms with E-state index in [2.05, 4.69) is 5.43 Å². The van der Waals surface area contributed by atoms with E-state index >= 15 is 0 Å². The number of nitrogens with zero attached hydrogens (tertiary/aromatic N) is 2. The lowest BCUT2D eigenvalue weighted by molar-refractivity contribution is -0.166. The van der Waals surface area contributed by atoms with E-state index in [1.165, 1.54) is 5.01 Å². The Labute approximate surface area is 146 Å². The molecule has 1 amide bonds. The Bertz CT molecular complexity index is 548. The van der Waals surface area contributed by atoms with E-state index in [9.17, 15) is 18.4 Å². The molecule has 2 fully saturated rings. The zero-order valence-corrected chi connectivity index (χ0v) is 15.3. The molecule has 2 rings (SSSR count). The fourth-order valence-electron chi connectivity index (χ4n) is 3.20. The van der Waals surface area contributed by atoms with E-state index < -0.39 is 41.7 Å². The zero-order valence-electron chi connectivity index (χ0n) is 15.3. The quantitative estimate of drug-likeness (QED) is 0.743. The molecule has 144 valence electrons. The molecule has 2 aliphatic heterocycles. The van der Waals surface area contributed by atoms with Crippen LogP contribution in [0.25, 0.3) is 0 Å². The first-order valence-electron chi connectivity index (χ1n) is 8.36. The van der Waals surface area contributed by atoms with E-state index in [1.807, 2.05) is 0 Å². The summed E-state index contributed by atoms with van der Waals surface area (Å²) in [7, 11) is 0. The number of amides is 1. The smallest absolute Gasteiger partial charge is 0.407 e. The SMILES string of the molecule is CC(C)(C)OC(=O)C(C)(C)CCN1NCC2C1C(F)(F)CN2C(=O)O.